The van der Waals surface area contributed by atoms with Crippen LogP contribution in [0, 0.1) is 11.8 Å². The van der Waals surface area contributed by atoms with Crippen LogP contribution >= 0.6 is 11.8 Å². The van der Waals surface area contributed by atoms with Gasteiger partial charge in [0.2, 0.25) is 0 Å². The molecule has 2 bridgehead atoms. The molecule has 0 amide bonds. The predicted molar refractivity (Wildman–Crippen MR) is 52.0 cm³/mol. The number of thioether (sulfide) groups is 1. The SMILES string of the molecule is C[C@H]1CCC2C[C@@H]1SC2(C)C. The molecule has 1 unspecified atom stereocenters. The average molecular weight is 170 g/mol. The van der Waals surface area contributed by atoms with Crippen LogP contribution in [0.15, 0.2) is 0 Å². The van der Waals surface area contributed by atoms with Gasteiger partial charge in [-0.2, -0.15) is 11.8 Å². The van der Waals surface area contributed by atoms with E-state index in [0.29, 0.717) is 4.75 Å². The maximum Gasteiger partial charge on any atom is 0.0135 e. The molecule has 1 aliphatic carbocycles. The van der Waals surface area contributed by atoms with Crippen LogP contribution in [-0.2, 0) is 0 Å². The molecule has 3 atom stereocenters. The molecule has 64 valence electrons. The van der Waals surface area contributed by atoms with Crippen LogP contribution in [0.3, 0.4) is 0 Å². The van der Waals surface area contributed by atoms with E-state index >= 15 is 0 Å². The summed E-state index contributed by atoms with van der Waals surface area (Å²) in [4.78, 5) is 0. The molecule has 1 saturated heterocycles. The standard InChI is InChI=1S/C10H18S/c1-7-4-5-8-6-9(7)11-10(8,2)3/h7-9H,4-6H2,1-3H3/t7-,8?,9-/m0/s1. The Bertz CT molecular complexity index is 162. The van der Waals surface area contributed by atoms with E-state index in [4.69, 9.17) is 0 Å². The topological polar surface area (TPSA) is 0 Å². The van der Waals surface area contributed by atoms with Crippen molar-refractivity contribution in [3.63, 3.8) is 0 Å². The number of hydrogen-bond donors (Lipinski definition) is 0. The average Bonchev–Trinajstić information content (AvgIpc) is 2.16. The molecule has 0 N–H and O–H groups in total. The second-order valence-corrected chi connectivity index (χ2v) is 6.64. The molecule has 0 spiro atoms. The van der Waals surface area contributed by atoms with Crippen LogP contribution < -0.4 is 0 Å². The maximum atomic E-state index is 2.43. The summed E-state index contributed by atoms with van der Waals surface area (Å²) >= 11 is 2.25. The second kappa shape index (κ2) is 2.42. The van der Waals surface area contributed by atoms with Gasteiger partial charge in [-0.25, -0.2) is 0 Å². The Morgan fingerprint density at radius 2 is 2.00 bits per heavy atom. The lowest BCUT2D eigenvalue weighted by molar-refractivity contribution is 0.290. The van der Waals surface area contributed by atoms with Gasteiger partial charge in [0.25, 0.3) is 0 Å². The maximum absolute atomic E-state index is 2.43. The predicted octanol–water partition coefficient (Wildman–Crippen LogP) is 3.32. The molecule has 1 heteroatoms. The first-order valence-corrected chi connectivity index (χ1v) is 5.65. The Labute approximate surface area is 74.1 Å². The third-order valence-electron chi connectivity index (χ3n) is 3.56. The van der Waals surface area contributed by atoms with Gasteiger partial charge in [-0.15, -0.1) is 0 Å². The van der Waals surface area contributed by atoms with Gasteiger partial charge in [0.05, 0.1) is 0 Å². The van der Waals surface area contributed by atoms with Crippen LogP contribution in [0.4, 0.5) is 0 Å². The highest BCUT2D eigenvalue weighted by molar-refractivity contribution is 8.01. The van der Waals surface area contributed by atoms with E-state index in [0.717, 1.165) is 17.1 Å². The van der Waals surface area contributed by atoms with Crippen molar-refractivity contribution >= 4 is 11.8 Å². The molecule has 1 saturated carbocycles. The van der Waals surface area contributed by atoms with Crippen molar-refractivity contribution in [1.82, 2.24) is 0 Å². The van der Waals surface area contributed by atoms with Gasteiger partial charge in [0.1, 0.15) is 0 Å². The molecule has 0 radical (unpaired) electrons. The van der Waals surface area contributed by atoms with Crippen molar-refractivity contribution in [3.8, 4) is 0 Å². The third-order valence-corrected chi connectivity index (χ3v) is 5.46. The Morgan fingerprint density at radius 3 is 2.64 bits per heavy atom. The number of fused-ring (bicyclic) bond motifs is 2. The van der Waals surface area contributed by atoms with Gasteiger partial charge >= 0.3 is 0 Å². The highest BCUT2D eigenvalue weighted by Gasteiger charge is 2.45. The zero-order valence-corrected chi connectivity index (χ0v) is 8.58. The summed E-state index contributed by atoms with van der Waals surface area (Å²) in [5.41, 5.74) is 0. The largest absolute Gasteiger partial charge is 0.152 e. The first-order chi connectivity index (χ1) is 5.09. The van der Waals surface area contributed by atoms with Gasteiger partial charge < -0.3 is 0 Å². The van der Waals surface area contributed by atoms with E-state index in [2.05, 4.69) is 32.5 Å². The van der Waals surface area contributed by atoms with Crippen molar-refractivity contribution in [2.45, 2.75) is 50.0 Å². The fraction of sp³-hybridized carbons (Fsp3) is 1.00. The van der Waals surface area contributed by atoms with E-state index in [1.807, 2.05) is 0 Å². The summed E-state index contributed by atoms with van der Waals surface area (Å²) in [6.45, 7) is 7.29. The summed E-state index contributed by atoms with van der Waals surface area (Å²) < 4.78 is 0.593. The molecule has 0 aromatic carbocycles. The summed E-state index contributed by atoms with van der Waals surface area (Å²) in [6, 6.07) is 0. The molecule has 0 aromatic rings. The molecule has 2 fully saturated rings. The van der Waals surface area contributed by atoms with Crippen molar-refractivity contribution in [2.75, 3.05) is 0 Å². The fourth-order valence-electron chi connectivity index (χ4n) is 2.56. The van der Waals surface area contributed by atoms with Gasteiger partial charge in [0.15, 0.2) is 0 Å². The molecular formula is C10H18S. The minimum atomic E-state index is 0.593. The first kappa shape index (κ1) is 7.97. The fourth-order valence-corrected chi connectivity index (χ4v) is 4.45. The molecule has 1 aliphatic heterocycles. The Balaban J connectivity index is 2.16. The molecular weight excluding hydrogens is 152 g/mol. The lowest BCUT2D eigenvalue weighted by atomic mass is 9.78. The summed E-state index contributed by atoms with van der Waals surface area (Å²) in [5, 5.41) is 0.990. The quantitative estimate of drug-likeness (QED) is 0.537. The normalized spacial score (nSPS) is 47.7. The Kier molecular flexibility index (Phi) is 1.75. The van der Waals surface area contributed by atoms with E-state index < -0.39 is 0 Å². The van der Waals surface area contributed by atoms with Gasteiger partial charge in [-0.3, -0.25) is 0 Å². The van der Waals surface area contributed by atoms with E-state index in [1.54, 1.807) is 0 Å². The van der Waals surface area contributed by atoms with Crippen LogP contribution in [0.2, 0.25) is 0 Å². The highest BCUT2D eigenvalue weighted by atomic mass is 32.2. The summed E-state index contributed by atoms with van der Waals surface area (Å²) in [6.07, 6.45) is 4.46. The summed E-state index contributed by atoms with van der Waals surface area (Å²) in [5.74, 6) is 2.01. The molecule has 0 aromatic heterocycles. The molecule has 2 aliphatic rings. The van der Waals surface area contributed by atoms with Crippen molar-refractivity contribution < 1.29 is 0 Å². The van der Waals surface area contributed by atoms with Crippen molar-refractivity contribution in [2.24, 2.45) is 11.8 Å². The molecule has 2 rings (SSSR count). The van der Waals surface area contributed by atoms with Gasteiger partial charge in [-0.05, 0) is 31.1 Å². The van der Waals surface area contributed by atoms with Crippen LogP contribution in [0.1, 0.15) is 40.0 Å². The zero-order valence-electron chi connectivity index (χ0n) is 7.76. The van der Waals surface area contributed by atoms with Gasteiger partial charge in [-0.1, -0.05) is 20.8 Å². The smallest absolute Gasteiger partial charge is 0.0135 e. The van der Waals surface area contributed by atoms with Gasteiger partial charge in [0, 0.05) is 10.00 Å². The molecule has 1 heterocycles. The minimum Gasteiger partial charge on any atom is -0.152 e. The van der Waals surface area contributed by atoms with Crippen LogP contribution in [0.25, 0.3) is 0 Å². The number of hydrogen-bond acceptors (Lipinski definition) is 1. The summed E-state index contributed by atoms with van der Waals surface area (Å²) in [7, 11) is 0. The van der Waals surface area contributed by atoms with E-state index in [-0.39, 0.29) is 0 Å². The van der Waals surface area contributed by atoms with Crippen molar-refractivity contribution in [1.29, 1.82) is 0 Å². The highest BCUT2D eigenvalue weighted by Crippen LogP contribution is 2.55. The molecule has 11 heavy (non-hydrogen) atoms. The minimum absolute atomic E-state index is 0.593. The number of rotatable bonds is 0. The monoisotopic (exact) mass is 170 g/mol. The zero-order chi connectivity index (χ0) is 8.06. The van der Waals surface area contributed by atoms with Crippen LogP contribution in [-0.4, -0.2) is 10.00 Å². The second-order valence-electron chi connectivity index (χ2n) is 4.75. The van der Waals surface area contributed by atoms with E-state index in [9.17, 15) is 0 Å². The third kappa shape index (κ3) is 1.22. The Morgan fingerprint density at radius 1 is 1.27 bits per heavy atom. The lowest BCUT2D eigenvalue weighted by Gasteiger charge is -2.26. The first-order valence-electron chi connectivity index (χ1n) is 4.77. The van der Waals surface area contributed by atoms with Crippen molar-refractivity contribution in [3.05, 3.63) is 0 Å². The van der Waals surface area contributed by atoms with E-state index in [1.165, 1.54) is 19.3 Å². The Hall–Kier alpha value is 0.350. The molecule has 0 nitrogen and oxygen atoms in total. The van der Waals surface area contributed by atoms with Crippen LogP contribution in [0.5, 0.6) is 0 Å². The lowest BCUT2D eigenvalue weighted by Crippen LogP contribution is -2.23.